The van der Waals surface area contributed by atoms with E-state index in [0.717, 1.165) is 42.9 Å². The zero-order valence-corrected chi connectivity index (χ0v) is 14.2. The molecule has 24 heavy (non-hydrogen) atoms. The molecule has 5 heteroatoms. The number of aromatic nitrogens is 2. The van der Waals surface area contributed by atoms with Crippen molar-refractivity contribution in [2.24, 2.45) is 0 Å². The van der Waals surface area contributed by atoms with Crippen LogP contribution in [0.25, 0.3) is 0 Å². The number of ether oxygens (including phenoxy) is 1. The lowest BCUT2D eigenvalue weighted by atomic mass is 9.94. The van der Waals surface area contributed by atoms with Crippen molar-refractivity contribution >= 4 is 5.91 Å². The van der Waals surface area contributed by atoms with Crippen molar-refractivity contribution in [1.29, 1.82) is 0 Å². The van der Waals surface area contributed by atoms with Gasteiger partial charge >= 0.3 is 0 Å². The average Bonchev–Trinajstić information content (AvgIpc) is 3.24. The van der Waals surface area contributed by atoms with Crippen molar-refractivity contribution < 1.29 is 9.53 Å². The molecule has 3 heterocycles. The number of fused-ring (bicyclic) bond motifs is 1. The topological polar surface area (TPSA) is 58.2 Å². The quantitative estimate of drug-likeness (QED) is 0.923. The molecular weight excluding hydrogens is 302 g/mol. The number of rotatable bonds is 2. The summed E-state index contributed by atoms with van der Waals surface area (Å²) in [6.45, 7) is 5.74. The predicted octanol–water partition coefficient (Wildman–Crippen LogP) is 2.74. The summed E-state index contributed by atoms with van der Waals surface area (Å²) in [5, 5.41) is 7.08. The highest BCUT2D eigenvalue weighted by molar-refractivity contribution is 5.83. The first-order valence-corrected chi connectivity index (χ1v) is 8.66. The first-order valence-electron chi connectivity index (χ1n) is 8.66. The number of aromatic amines is 1. The van der Waals surface area contributed by atoms with E-state index in [4.69, 9.17) is 4.74 Å². The molecule has 5 nitrogen and oxygen atoms in total. The predicted molar refractivity (Wildman–Crippen MR) is 91.2 cm³/mol. The van der Waals surface area contributed by atoms with Gasteiger partial charge in [-0.3, -0.25) is 9.89 Å². The molecule has 1 N–H and O–H groups in total. The number of piperidine rings is 1. The zero-order chi connectivity index (χ0) is 16.7. The molecule has 2 aromatic rings. The Morgan fingerprint density at radius 2 is 2.17 bits per heavy atom. The molecule has 2 aliphatic heterocycles. The number of nitrogens with zero attached hydrogens (tertiary/aromatic N) is 2. The number of amides is 1. The summed E-state index contributed by atoms with van der Waals surface area (Å²) >= 11 is 0. The maximum absolute atomic E-state index is 12.9. The molecule has 4 rings (SSSR count). The molecule has 126 valence electrons. The normalized spacial score (nSPS) is 23.0. The van der Waals surface area contributed by atoms with Gasteiger partial charge in [0.05, 0.1) is 0 Å². The minimum atomic E-state index is -0.373. The van der Waals surface area contributed by atoms with Crippen LogP contribution in [0.3, 0.4) is 0 Å². The number of carbonyl (C=O) groups excluding carboxylic acids is 1. The summed E-state index contributed by atoms with van der Waals surface area (Å²) in [6.07, 6.45) is 4.20. The fourth-order valence-corrected chi connectivity index (χ4v) is 3.78. The highest BCUT2D eigenvalue weighted by atomic mass is 16.5. The number of aryl methyl sites for hydroxylation is 2. The molecule has 2 aliphatic rings. The second-order valence-electron chi connectivity index (χ2n) is 6.99. The third kappa shape index (κ3) is 2.68. The van der Waals surface area contributed by atoms with Crippen LogP contribution in [0.5, 0.6) is 5.75 Å². The van der Waals surface area contributed by atoms with Gasteiger partial charge in [-0.2, -0.15) is 5.10 Å². The van der Waals surface area contributed by atoms with Crippen molar-refractivity contribution in [1.82, 2.24) is 15.1 Å². The van der Waals surface area contributed by atoms with Crippen molar-refractivity contribution in [2.45, 2.75) is 45.1 Å². The molecule has 1 saturated heterocycles. The van der Waals surface area contributed by atoms with Crippen LogP contribution in [0.15, 0.2) is 24.4 Å². The van der Waals surface area contributed by atoms with E-state index in [9.17, 15) is 4.79 Å². The van der Waals surface area contributed by atoms with Gasteiger partial charge in [-0.05, 0) is 55.5 Å². The summed E-state index contributed by atoms with van der Waals surface area (Å²) in [5.74, 6) is 1.34. The number of benzene rings is 1. The molecule has 0 saturated carbocycles. The Morgan fingerprint density at radius 3 is 2.96 bits per heavy atom. The largest absolute Gasteiger partial charge is 0.480 e. The number of likely N-dealkylation sites (tertiary alicyclic amines) is 1. The third-order valence-electron chi connectivity index (χ3n) is 5.32. The Kier molecular flexibility index (Phi) is 3.79. The van der Waals surface area contributed by atoms with E-state index in [1.54, 1.807) is 6.20 Å². The Balaban J connectivity index is 1.46. The second kappa shape index (κ2) is 5.96. The standard InChI is InChI=1S/C19H23N3O2/c1-12-8-15-10-18(24-17(15)9-13(12)2)19(23)22-7-3-4-14(11-22)16-5-6-20-21-16/h5-6,8-9,14,18H,3-4,7,10-11H2,1-2H3,(H,20,21)/t14-,18+/m1/s1. The molecule has 1 aromatic heterocycles. The van der Waals surface area contributed by atoms with E-state index >= 15 is 0 Å². The summed E-state index contributed by atoms with van der Waals surface area (Å²) in [5.41, 5.74) is 4.73. The summed E-state index contributed by atoms with van der Waals surface area (Å²) < 4.78 is 5.97. The van der Waals surface area contributed by atoms with Crippen LogP contribution in [0.4, 0.5) is 0 Å². The fourth-order valence-electron chi connectivity index (χ4n) is 3.78. The molecule has 0 bridgehead atoms. The Labute approximate surface area is 142 Å². The average molecular weight is 325 g/mol. The van der Waals surface area contributed by atoms with Crippen LogP contribution < -0.4 is 4.74 Å². The molecule has 0 spiro atoms. The summed E-state index contributed by atoms with van der Waals surface area (Å²) in [7, 11) is 0. The molecule has 2 atom stereocenters. The van der Waals surface area contributed by atoms with Gasteiger partial charge < -0.3 is 9.64 Å². The monoisotopic (exact) mass is 325 g/mol. The van der Waals surface area contributed by atoms with E-state index in [2.05, 4.69) is 36.2 Å². The van der Waals surface area contributed by atoms with Gasteiger partial charge in [-0.15, -0.1) is 0 Å². The Hall–Kier alpha value is -2.30. The van der Waals surface area contributed by atoms with Gasteiger partial charge in [-0.25, -0.2) is 0 Å². The summed E-state index contributed by atoms with van der Waals surface area (Å²) in [6, 6.07) is 6.22. The number of H-pyrrole nitrogens is 1. The molecule has 1 fully saturated rings. The number of hydrogen-bond donors (Lipinski definition) is 1. The highest BCUT2D eigenvalue weighted by Crippen LogP contribution is 2.33. The lowest BCUT2D eigenvalue weighted by molar-refractivity contribution is -0.139. The molecule has 1 amide bonds. The van der Waals surface area contributed by atoms with E-state index in [0.29, 0.717) is 12.3 Å². The van der Waals surface area contributed by atoms with E-state index < -0.39 is 0 Å². The van der Waals surface area contributed by atoms with Crippen LogP contribution in [0, 0.1) is 13.8 Å². The lowest BCUT2D eigenvalue weighted by Crippen LogP contribution is -2.46. The Bertz CT molecular complexity index is 723. The van der Waals surface area contributed by atoms with Crippen LogP contribution in [-0.2, 0) is 11.2 Å². The smallest absolute Gasteiger partial charge is 0.264 e. The molecular formula is C19H23N3O2. The lowest BCUT2D eigenvalue weighted by Gasteiger charge is -2.33. The van der Waals surface area contributed by atoms with Crippen molar-refractivity contribution in [3.05, 3.63) is 46.8 Å². The zero-order valence-electron chi connectivity index (χ0n) is 14.2. The van der Waals surface area contributed by atoms with Gasteiger partial charge in [0.25, 0.3) is 5.91 Å². The van der Waals surface area contributed by atoms with Crippen molar-refractivity contribution in [2.75, 3.05) is 13.1 Å². The first kappa shape index (κ1) is 15.2. The van der Waals surface area contributed by atoms with Gasteiger partial charge in [0.2, 0.25) is 0 Å². The fraction of sp³-hybridized carbons (Fsp3) is 0.474. The van der Waals surface area contributed by atoms with Crippen LogP contribution in [-0.4, -0.2) is 40.2 Å². The number of nitrogens with one attached hydrogen (secondary N) is 1. The van der Waals surface area contributed by atoms with Crippen LogP contribution >= 0.6 is 0 Å². The van der Waals surface area contributed by atoms with Crippen LogP contribution in [0.2, 0.25) is 0 Å². The highest BCUT2D eigenvalue weighted by Gasteiger charge is 2.35. The second-order valence-corrected chi connectivity index (χ2v) is 6.99. The van der Waals surface area contributed by atoms with Gasteiger partial charge in [-0.1, -0.05) is 6.07 Å². The molecule has 1 aromatic carbocycles. The minimum Gasteiger partial charge on any atom is -0.480 e. The van der Waals surface area contributed by atoms with Gasteiger partial charge in [0.15, 0.2) is 6.10 Å². The van der Waals surface area contributed by atoms with E-state index in [1.807, 2.05) is 11.0 Å². The first-order chi connectivity index (χ1) is 11.6. The molecule has 0 aliphatic carbocycles. The van der Waals surface area contributed by atoms with Crippen LogP contribution in [0.1, 0.15) is 41.1 Å². The van der Waals surface area contributed by atoms with E-state index in [1.165, 1.54) is 11.1 Å². The van der Waals surface area contributed by atoms with Gasteiger partial charge in [0, 0.05) is 37.3 Å². The Morgan fingerprint density at radius 1 is 1.33 bits per heavy atom. The number of hydrogen-bond acceptors (Lipinski definition) is 3. The maximum atomic E-state index is 12.9. The summed E-state index contributed by atoms with van der Waals surface area (Å²) in [4.78, 5) is 14.9. The molecule has 0 radical (unpaired) electrons. The van der Waals surface area contributed by atoms with Crippen molar-refractivity contribution in [3.8, 4) is 5.75 Å². The number of carbonyl (C=O) groups is 1. The minimum absolute atomic E-state index is 0.116. The molecule has 0 unspecified atom stereocenters. The third-order valence-corrected chi connectivity index (χ3v) is 5.32. The SMILES string of the molecule is Cc1cc2c(cc1C)O[C@H](C(=O)N1CCC[C@@H](c3ccn[nH]3)C1)C2. The van der Waals surface area contributed by atoms with Crippen molar-refractivity contribution in [3.63, 3.8) is 0 Å². The van der Waals surface area contributed by atoms with Gasteiger partial charge in [0.1, 0.15) is 5.75 Å². The maximum Gasteiger partial charge on any atom is 0.264 e. The van der Waals surface area contributed by atoms with E-state index in [-0.39, 0.29) is 12.0 Å².